The van der Waals surface area contributed by atoms with Gasteiger partial charge < -0.3 is 0 Å². The Balaban J connectivity index is 0.000000371. The minimum atomic E-state index is -0.993. The molecule has 11 heteroatoms. The average molecular weight is 654 g/mol. The number of hydrogen-bond acceptors (Lipinski definition) is 9. The fourth-order valence-corrected chi connectivity index (χ4v) is 11.6. The van der Waals surface area contributed by atoms with Crippen molar-refractivity contribution in [2.75, 3.05) is 5.32 Å². The first-order valence-corrected chi connectivity index (χ1v) is 17.5. The van der Waals surface area contributed by atoms with Gasteiger partial charge >= 0.3 is 11.9 Å². The van der Waals surface area contributed by atoms with Gasteiger partial charge in [0.05, 0.1) is 0 Å². The van der Waals surface area contributed by atoms with Crippen molar-refractivity contribution in [2.45, 2.75) is 127 Å². The van der Waals surface area contributed by atoms with Crippen molar-refractivity contribution in [1.82, 2.24) is 20.2 Å². The molecule has 260 valence electrons. The molecule has 5 aliphatic rings. The van der Waals surface area contributed by atoms with Gasteiger partial charge in [0.25, 0.3) is 0 Å². The standard InChI is InChI=1S/C32H48O5.C4H7N5O/c1-19(2)25-22(34)18-32(27(35)37-36-20(3)33)17-16-30(7)21(26(25)32)10-11-24-29(6)14-9-13-28(4,5)23(29)12-15-31(24,30)8;1-3(10)5-4-6-7-8-9(4)2/h19,21,23-24H,9-18H2,1-8H3;1-2H3,(H,5,6,8,10)/t21-,23+,24-,29+,30-,31-,32-;/m1./s1. The minimum absolute atomic E-state index is 0.0107. The molecular weight excluding hydrogens is 598 g/mol. The van der Waals surface area contributed by atoms with Crippen LogP contribution in [0.4, 0.5) is 5.95 Å². The van der Waals surface area contributed by atoms with Crippen LogP contribution in [0.3, 0.4) is 0 Å². The first kappa shape index (κ1) is 35.2. The van der Waals surface area contributed by atoms with Crippen molar-refractivity contribution in [2.24, 2.45) is 57.8 Å². The third-order valence-electron chi connectivity index (χ3n) is 13.7. The molecule has 1 aromatic heterocycles. The summed E-state index contributed by atoms with van der Waals surface area (Å²) in [5, 5.41) is 12.8. The summed E-state index contributed by atoms with van der Waals surface area (Å²) in [6.45, 7) is 19.4. The number of hydrogen-bond donors (Lipinski definition) is 1. The van der Waals surface area contributed by atoms with Crippen LogP contribution in [0.1, 0.15) is 127 Å². The van der Waals surface area contributed by atoms with Gasteiger partial charge in [0.15, 0.2) is 5.78 Å². The zero-order valence-corrected chi connectivity index (χ0v) is 30.1. The Labute approximate surface area is 279 Å². The summed E-state index contributed by atoms with van der Waals surface area (Å²) in [5.74, 6) is 0.668. The predicted molar refractivity (Wildman–Crippen MR) is 175 cm³/mol. The number of Topliss-reactive ketones (excluding diaryl/α,β-unsaturated/α-hetero) is 1. The fourth-order valence-electron chi connectivity index (χ4n) is 11.6. The largest absolute Gasteiger partial charge is 0.366 e. The molecule has 0 bridgehead atoms. The minimum Gasteiger partial charge on any atom is -0.294 e. The number of rotatable bonds is 3. The molecule has 47 heavy (non-hydrogen) atoms. The Kier molecular flexibility index (Phi) is 9.06. The number of amides is 1. The maximum Gasteiger partial charge on any atom is 0.366 e. The van der Waals surface area contributed by atoms with Crippen molar-refractivity contribution in [3.05, 3.63) is 11.1 Å². The van der Waals surface area contributed by atoms with Crippen molar-refractivity contribution >= 4 is 29.6 Å². The maximum absolute atomic E-state index is 13.6. The SMILES string of the molecule is CC(=O)Nc1nnnn1C.CC(=O)OOC(=O)[C@@]12CC[C@]3(C)[C@H](CC[C@@H]4[C@@]5(C)CCCC(C)(C)[C@@H]5CC[C@]43C)C1=C(C(C)C)C(=O)C2. The Morgan fingerprint density at radius 3 is 2.19 bits per heavy atom. The molecule has 0 aliphatic heterocycles. The fraction of sp³-hybridized carbons (Fsp3) is 0.806. The van der Waals surface area contributed by atoms with E-state index in [1.54, 1.807) is 7.05 Å². The smallest absolute Gasteiger partial charge is 0.294 e. The number of ketones is 1. The highest BCUT2D eigenvalue weighted by molar-refractivity contribution is 6.06. The van der Waals surface area contributed by atoms with Crippen molar-refractivity contribution in [1.29, 1.82) is 0 Å². The second kappa shape index (κ2) is 12.1. The van der Waals surface area contributed by atoms with E-state index in [0.29, 0.717) is 29.1 Å². The van der Waals surface area contributed by atoms with Crippen LogP contribution < -0.4 is 5.32 Å². The quantitative estimate of drug-likeness (QED) is 0.284. The van der Waals surface area contributed by atoms with E-state index in [4.69, 9.17) is 9.78 Å². The highest BCUT2D eigenvalue weighted by Crippen LogP contribution is 2.76. The van der Waals surface area contributed by atoms with Crippen LogP contribution in [0, 0.1) is 50.7 Å². The van der Waals surface area contributed by atoms with Crippen LogP contribution in [-0.4, -0.2) is 43.8 Å². The zero-order valence-electron chi connectivity index (χ0n) is 30.1. The van der Waals surface area contributed by atoms with Crippen LogP contribution in [0.2, 0.25) is 0 Å². The van der Waals surface area contributed by atoms with Crippen LogP contribution in [0.15, 0.2) is 11.1 Å². The number of carbonyl (C=O) groups is 4. The van der Waals surface area contributed by atoms with E-state index in [-0.39, 0.29) is 40.8 Å². The molecule has 5 aliphatic carbocycles. The Morgan fingerprint density at radius 1 is 0.894 bits per heavy atom. The van der Waals surface area contributed by atoms with Gasteiger partial charge in [-0.3, -0.25) is 14.9 Å². The van der Waals surface area contributed by atoms with Gasteiger partial charge in [-0.2, -0.15) is 0 Å². The van der Waals surface area contributed by atoms with E-state index >= 15 is 0 Å². The second-order valence-electron chi connectivity index (χ2n) is 16.9. The lowest BCUT2D eigenvalue weighted by Gasteiger charge is -2.71. The summed E-state index contributed by atoms with van der Waals surface area (Å²) in [4.78, 5) is 58.8. The number of tetrazole rings is 1. The van der Waals surface area contributed by atoms with E-state index in [1.165, 1.54) is 50.6 Å². The Bertz CT molecular complexity index is 1480. The maximum atomic E-state index is 13.6. The normalized spacial score (nSPS) is 37.0. The van der Waals surface area contributed by atoms with Crippen molar-refractivity contribution in [3.8, 4) is 0 Å². The van der Waals surface area contributed by atoms with E-state index in [0.717, 1.165) is 36.3 Å². The Hall–Kier alpha value is -3.11. The molecule has 4 saturated carbocycles. The Morgan fingerprint density at radius 2 is 1.60 bits per heavy atom. The molecular formula is C36H55N5O6. The first-order valence-electron chi connectivity index (χ1n) is 17.5. The van der Waals surface area contributed by atoms with Crippen LogP contribution >= 0.6 is 0 Å². The van der Waals surface area contributed by atoms with Gasteiger partial charge in [0.2, 0.25) is 11.9 Å². The van der Waals surface area contributed by atoms with Gasteiger partial charge in [-0.25, -0.2) is 24.0 Å². The summed E-state index contributed by atoms with van der Waals surface area (Å²) in [6.07, 6.45) is 10.3. The third kappa shape index (κ3) is 5.53. The molecule has 6 rings (SSSR count). The summed E-state index contributed by atoms with van der Waals surface area (Å²) in [6, 6.07) is 0. The number of fused-ring (bicyclic) bond motifs is 7. The number of aromatic nitrogens is 4. The number of aryl methyl sites for hydroxylation is 1. The van der Waals surface area contributed by atoms with Gasteiger partial charge in [-0.15, -0.1) is 0 Å². The zero-order chi connectivity index (χ0) is 34.7. The molecule has 0 aromatic carbocycles. The van der Waals surface area contributed by atoms with Gasteiger partial charge in [-0.1, -0.05) is 60.0 Å². The second-order valence-corrected chi connectivity index (χ2v) is 16.9. The highest BCUT2D eigenvalue weighted by atomic mass is 17.2. The van der Waals surface area contributed by atoms with Crippen LogP contribution in [0.25, 0.3) is 0 Å². The molecule has 0 saturated heterocycles. The number of carbonyl (C=O) groups excluding carboxylic acids is 4. The summed E-state index contributed by atoms with van der Waals surface area (Å²) >= 11 is 0. The van der Waals surface area contributed by atoms with E-state index in [1.807, 2.05) is 0 Å². The predicted octanol–water partition coefficient (Wildman–Crippen LogP) is 6.55. The molecule has 1 aromatic rings. The summed E-state index contributed by atoms with van der Waals surface area (Å²) in [7, 11) is 1.64. The molecule has 1 heterocycles. The molecule has 0 radical (unpaired) electrons. The topological polar surface area (TPSA) is 142 Å². The molecule has 0 unspecified atom stereocenters. The summed E-state index contributed by atoms with van der Waals surface area (Å²) < 4.78 is 1.38. The first-order chi connectivity index (χ1) is 21.8. The van der Waals surface area contributed by atoms with Gasteiger partial charge in [-0.05, 0) is 118 Å². The molecule has 7 atom stereocenters. The number of nitrogens with zero attached hydrogens (tertiary/aromatic N) is 4. The van der Waals surface area contributed by atoms with E-state index in [2.05, 4.69) is 69.3 Å². The third-order valence-corrected chi connectivity index (χ3v) is 13.7. The highest BCUT2D eigenvalue weighted by Gasteiger charge is 2.70. The monoisotopic (exact) mass is 653 g/mol. The van der Waals surface area contributed by atoms with Crippen LogP contribution in [0.5, 0.6) is 0 Å². The molecule has 11 nitrogen and oxygen atoms in total. The van der Waals surface area contributed by atoms with Crippen molar-refractivity contribution in [3.63, 3.8) is 0 Å². The molecule has 4 fully saturated rings. The number of allylic oxidation sites excluding steroid dienone is 1. The number of anilines is 1. The lowest BCUT2D eigenvalue weighted by molar-refractivity contribution is -0.267. The summed E-state index contributed by atoms with van der Waals surface area (Å²) in [5.41, 5.74) is 1.78. The number of nitrogens with one attached hydrogen (secondary N) is 1. The van der Waals surface area contributed by atoms with Crippen LogP contribution in [-0.2, 0) is 36.0 Å². The van der Waals surface area contributed by atoms with Crippen molar-refractivity contribution < 1.29 is 29.0 Å². The van der Waals surface area contributed by atoms with E-state index in [9.17, 15) is 19.2 Å². The average Bonchev–Trinajstić information content (AvgIpc) is 3.51. The van der Waals surface area contributed by atoms with Gasteiger partial charge in [0.1, 0.15) is 5.41 Å². The lowest BCUT2D eigenvalue weighted by atomic mass is 9.33. The molecule has 1 amide bonds. The van der Waals surface area contributed by atoms with E-state index < -0.39 is 17.4 Å². The molecule has 0 spiro atoms. The lowest BCUT2D eigenvalue weighted by Crippen LogP contribution is -2.64. The van der Waals surface area contributed by atoms with Gasteiger partial charge in [0, 0.05) is 27.3 Å². The molecule has 1 N–H and O–H groups in total.